The van der Waals surface area contributed by atoms with Crippen molar-refractivity contribution < 1.29 is 23.9 Å². The van der Waals surface area contributed by atoms with E-state index in [1.165, 1.54) is 13.2 Å². The van der Waals surface area contributed by atoms with Gasteiger partial charge in [-0.1, -0.05) is 0 Å². The number of hydrogen-bond donors (Lipinski definition) is 2. The highest BCUT2D eigenvalue weighted by atomic mass is 19.1. The molecule has 0 unspecified atom stereocenters. The average Bonchev–Trinajstić information content (AvgIpc) is 2.19. The molecule has 4 nitrogen and oxygen atoms in total. The van der Waals surface area contributed by atoms with E-state index in [9.17, 15) is 4.39 Å². The van der Waals surface area contributed by atoms with E-state index in [0.29, 0.717) is 6.61 Å². The summed E-state index contributed by atoms with van der Waals surface area (Å²) in [6, 6.07) is 2.48. The van der Waals surface area contributed by atoms with Crippen LogP contribution in [-0.4, -0.2) is 30.9 Å². The number of halogens is 1. The summed E-state index contributed by atoms with van der Waals surface area (Å²) < 4.78 is 23.3. The minimum Gasteiger partial charge on any atom is -0.493 e. The van der Waals surface area contributed by atoms with Gasteiger partial charge in [0.2, 0.25) is 0 Å². The average molecular weight is 214 g/mol. The second kappa shape index (κ2) is 5.00. The molecule has 0 aliphatic heterocycles. The van der Waals surface area contributed by atoms with Gasteiger partial charge in [0.15, 0.2) is 11.5 Å². The second-order valence-electron chi connectivity index (χ2n) is 2.80. The molecule has 0 aliphatic carbocycles. The molecule has 0 atom stereocenters. The van der Waals surface area contributed by atoms with E-state index in [1.54, 1.807) is 6.92 Å². The van der Waals surface area contributed by atoms with Crippen LogP contribution in [0.2, 0.25) is 0 Å². The molecule has 0 radical (unpaired) electrons. The molecule has 2 N–H and O–H groups in total. The Morgan fingerprint density at radius 3 is 2.53 bits per heavy atom. The molecule has 0 saturated heterocycles. The Morgan fingerprint density at radius 2 is 2.07 bits per heavy atom. The van der Waals surface area contributed by atoms with E-state index in [-0.39, 0.29) is 17.0 Å². The maximum Gasteiger partial charge on any atom is 0.495 e. The van der Waals surface area contributed by atoms with Gasteiger partial charge in [0.1, 0.15) is 5.82 Å². The molecule has 1 aromatic carbocycles. The topological polar surface area (TPSA) is 58.9 Å². The van der Waals surface area contributed by atoms with Crippen LogP contribution >= 0.6 is 0 Å². The number of ether oxygens (including phenoxy) is 2. The molecule has 0 aromatic heterocycles. The molecule has 82 valence electrons. The molecule has 0 amide bonds. The number of rotatable bonds is 4. The Labute approximate surface area is 87.4 Å². The van der Waals surface area contributed by atoms with Crippen LogP contribution in [0.25, 0.3) is 0 Å². The van der Waals surface area contributed by atoms with Crippen LogP contribution in [-0.2, 0) is 0 Å². The Balaban J connectivity index is 3.27. The second-order valence-corrected chi connectivity index (χ2v) is 2.80. The summed E-state index contributed by atoms with van der Waals surface area (Å²) in [6.07, 6.45) is 0. The van der Waals surface area contributed by atoms with Crippen molar-refractivity contribution in [3.05, 3.63) is 17.9 Å². The van der Waals surface area contributed by atoms with Crippen LogP contribution in [0.5, 0.6) is 11.5 Å². The van der Waals surface area contributed by atoms with E-state index in [4.69, 9.17) is 19.5 Å². The third-order valence-corrected chi connectivity index (χ3v) is 1.87. The third kappa shape index (κ3) is 2.40. The third-order valence-electron chi connectivity index (χ3n) is 1.87. The maximum atomic E-state index is 13.3. The summed E-state index contributed by atoms with van der Waals surface area (Å²) in [5, 5.41) is 18.0. The Morgan fingerprint density at radius 1 is 1.40 bits per heavy atom. The van der Waals surface area contributed by atoms with Gasteiger partial charge in [-0.25, -0.2) is 4.39 Å². The van der Waals surface area contributed by atoms with Crippen molar-refractivity contribution in [3.63, 3.8) is 0 Å². The first-order chi connectivity index (χ1) is 7.11. The zero-order chi connectivity index (χ0) is 11.4. The van der Waals surface area contributed by atoms with E-state index >= 15 is 0 Å². The first-order valence-electron chi connectivity index (χ1n) is 4.47. The summed E-state index contributed by atoms with van der Waals surface area (Å²) in [5.74, 6) is -0.457. The fraction of sp³-hybridized carbons (Fsp3) is 0.333. The molecule has 0 saturated carbocycles. The van der Waals surface area contributed by atoms with Gasteiger partial charge in [-0.05, 0) is 19.1 Å². The van der Waals surface area contributed by atoms with Crippen LogP contribution in [0, 0.1) is 5.82 Å². The van der Waals surface area contributed by atoms with Gasteiger partial charge in [0, 0.05) is 0 Å². The fourth-order valence-electron chi connectivity index (χ4n) is 1.28. The lowest BCUT2D eigenvalue weighted by atomic mass is 9.79. The van der Waals surface area contributed by atoms with Crippen molar-refractivity contribution in [1.29, 1.82) is 0 Å². The normalized spacial score (nSPS) is 9.93. The molecule has 0 heterocycles. The summed E-state index contributed by atoms with van der Waals surface area (Å²) in [7, 11) is -0.622. The number of hydrogen-bond acceptors (Lipinski definition) is 4. The summed E-state index contributed by atoms with van der Waals surface area (Å²) in [4.78, 5) is 0. The standard InChI is InChI=1S/C9H12BFO4/c1-3-15-7-5-4-6(11)8(10(12)13)9(7)14-2/h4-5,12-13H,3H2,1-2H3. The smallest absolute Gasteiger partial charge is 0.493 e. The molecular formula is C9H12BFO4. The van der Waals surface area contributed by atoms with Crippen LogP contribution in [0.1, 0.15) is 6.92 Å². The predicted molar refractivity (Wildman–Crippen MR) is 53.9 cm³/mol. The van der Waals surface area contributed by atoms with Gasteiger partial charge < -0.3 is 19.5 Å². The Hall–Kier alpha value is -1.27. The molecule has 1 aromatic rings. The van der Waals surface area contributed by atoms with Gasteiger partial charge in [-0.15, -0.1) is 0 Å². The molecule has 0 fully saturated rings. The molecule has 1 rings (SSSR count). The van der Waals surface area contributed by atoms with Crippen molar-refractivity contribution in [2.45, 2.75) is 6.92 Å². The van der Waals surface area contributed by atoms with E-state index in [0.717, 1.165) is 6.07 Å². The first kappa shape index (κ1) is 11.8. The Bertz CT molecular complexity index is 343. The van der Waals surface area contributed by atoms with Gasteiger partial charge in [0.05, 0.1) is 19.2 Å². The van der Waals surface area contributed by atoms with Crippen molar-refractivity contribution in [1.82, 2.24) is 0 Å². The van der Waals surface area contributed by atoms with Crippen molar-refractivity contribution in [2.24, 2.45) is 0 Å². The zero-order valence-corrected chi connectivity index (χ0v) is 8.53. The van der Waals surface area contributed by atoms with Crippen LogP contribution in [0.15, 0.2) is 12.1 Å². The molecule has 0 aliphatic rings. The lowest BCUT2D eigenvalue weighted by Gasteiger charge is -2.13. The summed E-state index contributed by atoms with van der Waals surface area (Å²) in [6.45, 7) is 2.14. The number of benzene rings is 1. The molecule has 0 spiro atoms. The van der Waals surface area contributed by atoms with Gasteiger partial charge >= 0.3 is 7.12 Å². The first-order valence-corrected chi connectivity index (χ1v) is 4.47. The molecule has 0 bridgehead atoms. The van der Waals surface area contributed by atoms with Crippen molar-refractivity contribution in [2.75, 3.05) is 13.7 Å². The highest BCUT2D eigenvalue weighted by Gasteiger charge is 2.25. The fourth-order valence-corrected chi connectivity index (χ4v) is 1.28. The highest BCUT2D eigenvalue weighted by Crippen LogP contribution is 2.25. The van der Waals surface area contributed by atoms with E-state index < -0.39 is 12.9 Å². The zero-order valence-electron chi connectivity index (χ0n) is 8.53. The van der Waals surface area contributed by atoms with Crippen LogP contribution in [0.4, 0.5) is 4.39 Å². The minimum absolute atomic E-state index is 0.00634. The SMILES string of the molecule is CCOc1ccc(F)c(B(O)O)c1OC. The molecular weight excluding hydrogens is 202 g/mol. The lowest BCUT2D eigenvalue weighted by Crippen LogP contribution is -2.34. The summed E-state index contributed by atoms with van der Waals surface area (Å²) in [5.41, 5.74) is -0.316. The largest absolute Gasteiger partial charge is 0.495 e. The van der Waals surface area contributed by atoms with Crippen molar-refractivity contribution in [3.8, 4) is 11.5 Å². The predicted octanol–water partition coefficient (Wildman–Crippen LogP) is -0.0872. The molecule has 6 heteroatoms. The Kier molecular flexibility index (Phi) is 3.93. The van der Waals surface area contributed by atoms with E-state index in [2.05, 4.69) is 0 Å². The van der Waals surface area contributed by atoms with Crippen molar-refractivity contribution >= 4 is 12.6 Å². The van der Waals surface area contributed by atoms with Gasteiger partial charge in [-0.2, -0.15) is 0 Å². The van der Waals surface area contributed by atoms with E-state index in [1.807, 2.05) is 0 Å². The highest BCUT2D eigenvalue weighted by molar-refractivity contribution is 6.60. The van der Waals surface area contributed by atoms with Gasteiger partial charge in [0.25, 0.3) is 0 Å². The number of methoxy groups -OCH3 is 1. The maximum absolute atomic E-state index is 13.3. The summed E-state index contributed by atoms with van der Waals surface area (Å²) >= 11 is 0. The van der Waals surface area contributed by atoms with Gasteiger partial charge in [-0.3, -0.25) is 0 Å². The molecule has 15 heavy (non-hydrogen) atoms. The van der Waals surface area contributed by atoms with Crippen LogP contribution < -0.4 is 14.9 Å². The minimum atomic E-state index is -1.93. The lowest BCUT2D eigenvalue weighted by molar-refractivity contribution is 0.309. The van der Waals surface area contributed by atoms with Crippen LogP contribution in [0.3, 0.4) is 0 Å². The quantitative estimate of drug-likeness (QED) is 0.687. The monoisotopic (exact) mass is 214 g/mol.